The third kappa shape index (κ3) is 2.96. The standard InChI is InChI=1S/C18H15NO4S/c1-12-9-10-14(11-16(12)18(20)21)24(22,23)19-17-8-4-6-13-5-2-3-7-15(13)17/h2-11,19H,1H3,(H,20,21). The molecule has 0 amide bonds. The number of hydrogen-bond donors (Lipinski definition) is 2. The van der Waals surface area contributed by atoms with Gasteiger partial charge in [-0.15, -0.1) is 0 Å². The topological polar surface area (TPSA) is 83.5 Å². The molecule has 0 bridgehead atoms. The normalized spacial score (nSPS) is 11.4. The number of hydrogen-bond acceptors (Lipinski definition) is 3. The second-order valence-electron chi connectivity index (χ2n) is 5.41. The van der Waals surface area contributed by atoms with Crippen molar-refractivity contribution in [3.63, 3.8) is 0 Å². The molecule has 0 aliphatic heterocycles. The number of aromatic carboxylic acids is 1. The average molecular weight is 341 g/mol. The smallest absolute Gasteiger partial charge is 0.335 e. The first-order valence-electron chi connectivity index (χ1n) is 7.23. The van der Waals surface area contributed by atoms with Gasteiger partial charge < -0.3 is 5.11 Å². The maximum atomic E-state index is 12.6. The van der Waals surface area contributed by atoms with E-state index in [1.54, 1.807) is 19.1 Å². The van der Waals surface area contributed by atoms with Crippen LogP contribution in [0.15, 0.2) is 65.6 Å². The lowest BCUT2D eigenvalue weighted by molar-refractivity contribution is 0.0696. The zero-order valence-corrected chi connectivity index (χ0v) is 13.7. The minimum atomic E-state index is -3.89. The average Bonchev–Trinajstić information content (AvgIpc) is 2.55. The number of carbonyl (C=O) groups is 1. The van der Waals surface area contributed by atoms with Crippen LogP contribution in [-0.2, 0) is 10.0 Å². The monoisotopic (exact) mass is 341 g/mol. The Morgan fingerprint density at radius 3 is 2.46 bits per heavy atom. The lowest BCUT2D eigenvalue weighted by Crippen LogP contribution is -2.14. The maximum absolute atomic E-state index is 12.6. The van der Waals surface area contributed by atoms with Gasteiger partial charge in [-0.05, 0) is 36.1 Å². The van der Waals surface area contributed by atoms with E-state index in [1.807, 2.05) is 30.3 Å². The Labute approximate surface area is 139 Å². The number of nitrogens with one attached hydrogen (secondary N) is 1. The number of rotatable bonds is 4. The van der Waals surface area contributed by atoms with Crippen molar-refractivity contribution in [2.75, 3.05) is 4.72 Å². The molecular weight excluding hydrogens is 326 g/mol. The number of carboxylic acid groups (broad SMARTS) is 1. The van der Waals surface area contributed by atoms with Crippen LogP contribution >= 0.6 is 0 Å². The van der Waals surface area contributed by atoms with Crippen LogP contribution in [-0.4, -0.2) is 19.5 Å². The Kier molecular flexibility index (Phi) is 3.99. The third-order valence-electron chi connectivity index (χ3n) is 3.78. The van der Waals surface area contributed by atoms with Crippen LogP contribution in [0.4, 0.5) is 5.69 Å². The molecule has 0 aromatic heterocycles. The summed E-state index contributed by atoms with van der Waals surface area (Å²) in [4.78, 5) is 11.1. The summed E-state index contributed by atoms with van der Waals surface area (Å²) in [5, 5.41) is 10.9. The SMILES string of the molecule is Cc1ccc(S(=O)(=O)Nc2cccc3ccccc23)cc1C(=O)O. The highest BCUT2D eigenvalue weighted by Crippen LogP contribution is 2.26. The highest BCUT2D eigenvalue weighted by molar-refractivity contribution is 7.92. The summed E-state index contributed by atoms with van der Waals surface area (Å²) in [5.74, 6) is -1.16. The van der Waals surface area contributed by atoms with E-state index < -0.39 is 16.0 Å². The van der Waals surface area contributed by atoms with Gasteiger partial charge in [0, 0.05) is 5.39 Å². The van der Waals surface area contributed by atoms with Crippen molar-refractivity contribution in [2.45, 2.75) is 11.8 Å². The number of benzene rings is 3. The summed E-state index contributed by atoms with van der Waals surface area (Å²) in [6, 6.07) is 16.8. The minimum Gasteiger partial charge on any atom is -0.478 e. The molecular formula is C18H15NO4S. The molecule has 0 spiro atoms. The fourth-order valence-electron chi connectivity index (χ4n) is 2.52. The van der Waals surface area contributed by atoms with E-state index in [0.717, 1.165) is 10.8 Å². The van der Waals surface area contributed by atoms with Gasteiger partial charge in [-0.2, -0.15) is 0 Å². The van der Waals surface area contributed by atoms with E-state index in [9.17, 15) is 18.3 Å². The molecule has 3 rings (SSSR count). The molecule has 3 aromatic rings. The first-order chi connectivity index (χ1) is 11.4. The molecule has 0 saturated heterocycles. The van der Waals surface area contributed by atoms with Crippen LogP contribution in [0.1, 0.15) is 15.9 Å². The van der Waals surface area contributed by atoms with Crippen LogP contribution in [0.3, 0.4) is 0 Å². The fourth-order valence-corrected chi connectivity index (χ4v) is 3.62. The predicted octanol–water partition coefficient (Wildman–Crippen LogP) is 3.65. The van der Waals surface area contributed by atoms with Crippen LogP contribution < -0.4 is 4.72 Å². The van der Waals surface area contributed by atoms with Crippen molar-refractivity contribution in [3.8, 4) is 0 Å². The van der Waals surface area contributed by atoms with Crippen molar-refractivity contribution in [2.24, 2.45) is 0 Å². The molecule has 122 valence electrons. The number of anilines is 1. The van der Waals surface area contributed by atoms with Crippen molar-refractivity contribution in [3.05, 3.63) is 71.8 Å². The lowest BCUT2D eigenvalue weighted by Gasteiger charge is -2.12. The molecule has 0 unspecified atom stereocenters. The van der Waals surface area contributed by atoms with Crippen molar-refractivity contribution < 1.29 is 18.3 Å². The van der Waals surface area contributed by atoms with Gasteiger partial charge in [0.2, 0.25) is 0 Å². The molecule has 24 heavy (non-hydrogen) atoms. The predicted molar refractivity (Wildman–Crippen MR) is 92.9 cm³/mol. The maximum Gasteiger partial charge on any atom is 0.335 e. The number of carboxylic acids is 1. The van der Waals surface area contributed by atoms with E-state index in [1.165, 1.54) is 18.2 Å². The van der Waals surface area contributed by atoms with Gasteiger partial charge >= 0.3 is 5.97 Å². The number of fused-ring (bicyclic) bond motifs is 1. The number of sulfonamides is 1. The van der Waals surface area contributed by atoms with Gasteiger partial charge in [-0.3, -0.25) is 4.72 Å². The van der Waals surface area contributed by atoms with E-state index in [2.05, 4.69) is 4.72 Å². The Morgan fingerprint density at radius 1 is 1.00 bits per heavy atom. The van der Waals surface area contributed by atoms with Crippen molar-refractivity contribution in [1.82, 2.24) is 0 Å². The van der Waals surface area contributed by atoms with E-state index in [-0.39, 0.29) is 10.5 Å². The Hall–Kier alpha value is -2.86. The summed E-state index contributed by atoms with van der Waals surface area (Å²) in [5.41, 5.74) is 0.924. The molecule has 5 nitrogen and oxygen atoms in total. The van der Waals surface area contributed by atoms with Crippen LogP contribution in [0, 0.1) is 6.92 Å². The molecule has 0 radical (unpaired) electrons. The zero-order valence-electron chi connectivity index (χ0n) is 12.9. The van der Waals surface area contributed by atoms with Gasteiger partial charge in [-0.1, -0.05) is 42.5 Å². The summed E-state index contributed by atoms with van der Waals surface area (Å²) in [7, 11) is -3.89. The van der Waals surface area contributed by atoms with Crippen LogP contribution in [0.2, 0.25) is 0 Å². The quantitative estimate of drug-likeness (QED) is 0.759. The Balaban J connectivity index is 2.05. The third-order valence-corrected chi connectivity index (χ3v) is 5.15. The molecule has 0 aliphatic rings. The summed E-state index contributed by atoms with van der Waals surface area (Å²) in [6.45, 7) is 1.62. The lowest BCUT2D eigenvalue weighted by atomic mass is 10.1. The molecule has 0 fully saturated rings. The molecule has 0 heterocycles. The van der Waals surface area contributed by atoms with Gasteiger partial charge in [0.15, 0.2) is 0 Å². The van der Waals surface area contributed by atoms with Gasteiger partial charge in [-0.25, -0.2) is 13.2 Å². The van der Waals surface area contributed by atoms with E-state index >= 15 is 0 Å². The molecule has 0 saturated carbocycles. The van der Waals surface area contributed by atoms with Gasteiger partial charge in [0.25, 0.3) is 10.0 Å². The van der Waals surface area contributed by atoms with E-state index in [0.29, 0.717) is 11.3 Å². The molecule has 0 atom stereocenters. The highest BCUT2D eigenvalue weighted by atomic mass is 32.2. The summed E-state index contributed by atoms with van der Waals surface area (Å²) < 4.78 is 27.8. The molecule has 0 aliphatic carbocycles. The summed E-state index contributed by atoms with van der Waals surface area (Å²) >= 11 is 0. The van der Waals surface area contributed by atoms with E-state index in [4.69, 9.17) is 0 Å². The minimum absolute atomic E-state index is 0.0317. The van der Waals surface area contributed by atoms with Crippen LogP contribution in [0.5, 0.6) is 0 Å². The van der Waals surface area contributed by atoms with Gasteiger partial charge in [0.05, 0.1) is 16.1 Å². The van der Waals surface area contributed by atoms with Crippen LogP contribution in [0.25, 0.3) is 10.8 Å². The van der Waals surface area contributed by atoms with Crippen molar-refractivity contribution in [1.29, 1.82) is 0 Å². The molecule has 6 heteroatoms. The highest BCUT2D eigenvalue weighted by Gasteiger charge is 2.18. The molecule has 2 N–H and O–H groups in total. The Bertz CT molecular complexity index is 1040. The zero-order chi connectivity index (χ0) is 17.3. The summed E-state index contributed by atoms with van der Waals surface area (Å²) in [6.07, 6.45) is 0. The second-order valence-corrected chi connectivity index (χ2v) is 7.10. The second kappa shape index (κ2) is 5.98. The number of aryl methyl sites for hydroxylation is 1. The Morgan fingerprint density at radius 2 is 1.71 bits per heavy atom. The first-order valence-corrected chi connectivity index (χ1v) is 8.71. The first kappa shape index (κ1) is 16.0. The molecule has 3 aromatic carbocycles. The van der Waals surface area contributed by atoms with Gasteiger partial charge in [0.1, 0.15) is 0 Å². The largest absolute Gasteiger partial charge is 0.478 e. The fraction of sp³-hybridized carbons (Fsp3) is 0.0556. The van der Waals surface area contributed by atoms with Crippen molar-refractivity contribution >= 4 is 32.5 Å².